The summed E-state index contributed by atoms with van der Waals surface area (Å²) in [5.41, 5.74) is 1.76. The Kier molecular flexibility index (Phi) is 6.47. The molecule has 0 bridgehead atoms. The number of nitrogens with one attached hydrogen (secondary N) is 2. The summed E-state index contributed by atoms with van der Waals surface area (Å²) < 4.78 is 35.8. The Hall–Kier alpha value is -5.88. The number of carbonyl (C=O) groups excluding carboxylic acids is 5. The molecule has 212 valence electrons. The number of rotatable bonds is 6. The van der Waals surface area contributed by atoms with Gasteiger partial charge in [0.05, 0.1) is 26.5 Å². The number of hydrogen-bond acceptors (Lipinski definition) is 9. The van der Waals surface area contributed by atoms with E-state index in [-0.39, 0.29) is 43.4 Å². The van der Waals surface area contributed by atoms with Crippen LogP contribution in [0.1, 0.15) is 57.4 Å². The summed E-state index contributed by atoms with van der Waals surface area (Å²) in [4.78, 5) is 60.6. The second kappa shape index (κ2) is 10.2. The Balaban J connectivity index is 1.12. The van der Waals surface area contributed by atoms with Crippen LogP contribution in [0.3, 0.4) is 0 Å². The third-order valence-corrected chi connectivity index (χ3v) is 8.56. The Morgan fingerprint density at radius 2 is 0.977 bits per heavy atom. The van der Waals surface area contributed by atoms with E-state index in [2.05, 4.69) is 21.9 Å². The number of benzene rings is 4. The molecule has 12 heteroatoms. The SMILES string of the molecule is C=C1OC(=O)c2cc(C(=O)Nc3ccc(S(=O)(=O)c4ccc(NC(=O)c5ccc6c(c5)C(=O)OC6=O)cc4)cc3)ccc21. The summed E-state index contributed by atoms with van der Waals surface area (Å²) in [5.74, 6) is -3.07. The van der Waals surface area contributed by atoms with Gasteiger partial charge in [0, 0.05) is 28.1 Å². The lowest BCUT2D eigenvalue weighted by Gasteiger charge is -2.10. The van der Waals surface area contributed by atoms with Gasteiger partial charge in [0.2, 0.25) is 9.84 Å². The van der Waals surface area contributed by atoms with Crippen molar-refractivity contribution in [1.82, 2.24) is 0 Å². The number of ether oxygens (including phenoxy) is 2. The number of anilines is 2. The molecule has 4 aromatic carbocycles. The summed E-state index contributed by atoms with van der Waals surface area (Å²) in [5, 5.41) is 5.27. The van der Waals surface area contributed by atoms with Crippen LogP contribution in [0.5, 0.6) is 0 Å². The maximum absolute atomic E-state index is 13.2. The highest BCUT2D eigenvalue weighted by Gasteiger charge is 2.30. The summed E-state index contributed by atoms with van der Waals surface area (Å²) in [6, 6.07) is 19.5. The van der Waals surface area contributed by atoms with Gasteiger partial charge in [-0.2, -0.15) is 0 Å². The van der Waals surface area contributed by atoms with Gasteiger partial charge in [-0.05, 0) is 84.9 Å². The van der Waals surface area contributed by atoms with Crippen molar-refractivity contribution in [3.05, 3.63) is 125 Å². The van der Waals surface area contributed by atoms with E-state index < -0.39 is 39.6 Å². The van der Waals surface area contributed by atoms with E-state index in [1.807, 2.05) is 0 Å². The molecule has 2 aliphatic heterocycles. The molecule has 0 saturated carbocycles. The number of sulfone groups is 1. The normalized spacial score (nSPS) is 13.6. The zero-order valence-electron chi connectivity index (χ0n) is 21.9. The molecule has 4 aromatic rings. The minimum absolute atomic E-state index is 0.00823. The van der Waals surface area contributed by atoms with Gasteiger partial charge >= 0.3 is 17.9 Å². The van der Waals surface area contributed by atoms with E-state index >= 15 is 0 Å². The van der Waals surface area contributed by atoms with Crippen molar-refractivity contribution in [2.24, 2.45) is 0 Å². The lowest BCUT2D eigenvalue weighted by molar-refractivity contribution is 0.0442. The molecule has 11 nitrogen and oxygen atoms in total. The first-order valence-corrected chi connectivity index (χ1v) is 14.0. The highest BCUT2D eigenvalue weighted by atomic mass is 32.2. The Morgan fingerprint density at radius 1 is 0.558 bits per heavy atom. The van der Waals surface area contributed by atoms with Crippen molar-refractivity contribution in [3.8, 4) is 0 Å². The fourth-order valence-electron chi connectivity index (χ4n) is 4.52. The standard InChI is InChI=1S/C31H18N2O9S/c1-16-23-12-2-17(14-25(23)30(37)41-16)27(34)32-19-4-8-21(9-5-19)43(39,40)22-10-6-20(7-11-22)33-28(35)18-3-13-24-26(15-18)31(38)42-29(24)36/h2-15H,1H2,(H,32,34)(H,33,35). The van der Waals surface area contributed by atoms with Crippen molar-refractivity contribution < 1.29 is 41.9 Å². The van der Waals surface area contributed by atoms with Crippen molar-refractivity contribution >= 4 is 56.7 Å². The first kappa shape index (κ1) is 27.3. The molecule has 0 unspecified atom stereocenters. The predicted molar refractivity (Wildman–Crippen MR) is 151 cm³/mol. The molecule has 0 aliphatic carbocycles. The minimum atomic E-state index is -3.94. The summed E-state index contributed by atoms with van der Waals surface area (Å²) in [6.45, 7) is 3.65. The molecule has 2 amide bonds. The van der Waals surface area contributed by atoms with Crippen LogP contribution in [0.15, 0.2) is 101 Å². The monoisotopic (exact) mass is 594 g/mol. The third-order valence-electron chi connectivity index (χ3n) is 6.77. The summed E-state index contributed by atoms with van der Waals surface area (Å²) >= 11 is 0. The molecular weight excluding hydrogens is 576 g/mol. The fraction of sp³-hybridized carbons (Fsp3) is 0. The predicted octanol–water partition coefficient (Wildman–Crippen LogP) is 4.48. The van der Waals surface area contributed by atoms with Crippen molar-refractivity contribution in [3.63, 3.8) is 0 Å². The van der Waals surface area contributed by atoms with E-state index in [4.69, 9.17) is 4.74 Å². The molecule has 6 rings (SSSR count). The zero-order chi connectivity index (χ0) is 30.5. The molecule has 0 atom stereocenters. The number of amides is 2. The molecule has 2 aliphatic rings. The molecule has 0 aromatic heterocycles. The number of carbonyl (C=O) groups is 5. The number of hydrogen-bond donors (Lipinski definition) is 2. The Morgan fingerprint density at radius 3 is 1.49 bits per heavy atom. The average Bonchev–Trinajstić information content (AvgIpc) is 3.45. The quantitative estimate of drug-likeness (QED) is 0.242. The van der Waals surface area contributed by atoms with Gasteiger partial charge in [0.25, 0.3) is 11.8 Å². The maximum atomic E-state index is 13.2. The first-order valence-electron chi connectivity index (χ1n) is 12.6. The van der Waals surface area contributed by atoms with Crippen LogP contribution in [0.25, 0.3) is 5.76 Å². The molecule has 0 radical (unpaired) electrons. The largest absolute Gasteiger partial charge is 0.423 e. The average molecular weight is 595 g/mol. The fourth-order valence-corrected chi connectivity index (χ4v) is 5.78. The van der Waals surface area contributed by atoms with E-state index in [1.165, 1.54) is 78.9 Å². The van der Waals surface area contributed by atoms with E-state index in [0.717, 1.165) is 0 Å². The first-order chi connectivity index (χ1) is 20.5. The van der Waals surface area contributed by atoms with Crippen LogP contribution >= 0.6 is 0 Å². The summed E-state index contributed by atoms with van der Waals surface area (Å²) in [7, 11) is -3.94. The summed E-state index contributed by atoms with van der Waals surface area (Å²) in [6.07, 6.45) is 0. The third kappa shape index (κ3) is 4.96. The van der Waals surface area contributed by atoms with Crippen molar-refractivity contribution in [1.29, 1.82) is 0 Å². The van der Waals surface area contributed by atoms with E-state index in [9.17, 15) is 32.4 Å². The van der Waals surface area contributed by atoms with Crippen LogP contribution in [0.4, 0.5) is 11.4 Å². The molecule has 43 heavy (non-hydrogen) atoms. The molecule has 0 spiro atoms. The lowest BCUT2D eigenvalue weighted by Crippen LogP contribution is -2.13. The zero-order valence-corrected chi connectivity index (χ0v) is 22.7. The number of esters is 3. The topological polar surface area (TPSA) is 162 Å². The minimum Gasteiger partial charge on any atom is -0.423 e. The van der Waals surface area contributed by atoms with Gasteiger partial charge in [-0.1, -0.05) is 6.58 Å². The van der Waals surface area contributed by atoms with Crippen LogP contribution in [0, 0.1) is 0 Å². The lowest BCUT2D eigenvalue weighted by atomic mass is 10.0. The second-order valence-electron chi connectivity index (χ2n) is 9.47. The molecular formula is C31H18N2O9S. The van der Waals surface area contributed by atoms with Crippen LogP contribution < -0.4 is 10.6 Å². The highest BCUT2D eigenvalue weighted by molar-refractivity contribution is 7.91. The van der Waals surface area contributed by atoms with Gasteiger partial charge in [-0.3, -0.25) is 9.59 Å². The van der Waals surface area contributed by atoms with Gasteiger partial charge in [0.15, 0.2) is 0 Å². The van der Waals surface area contributed by atoms with Gasteiger partial charge in [0.1, 0.15) is 5.76 Å². The smallest absolute Gasteiger partial charge is 0.346 e. The maximum Gasteiger partial charge on any atom is 0.346 e. The van der Waals surface area contributed by atoms with Gasteiger partial charge < -0.3 is 20.1 Å². The Labute approximate surface area is 243 Å². The van der Waals surface area contributed by atoms with Gasteiger partial charge in [-0.25, -0.2) is 22.8 Å². The number of fused-ring (bicyclic) bond motifs is 2. The van der Waals surface area contributed by atoms with Crippen molar-refractivity contribution in [2.75, 3.05) is 10.6 Å². The molecule has 0 saturated heterocycles. The van der Waals surface area contributed by atoms with E-state index in [1.54, 1.807) is 6.07 Å². The highest BCUT2D eigenvalue weighted by Crippen LogP contribution is 2.30. The van der Waals surface area contributed by atoms with Crippen LogP contribution in [-0.4, -0.2) is 38.1 Å². The van der Waals surface area contributed by atoms with Crippen LogP contribution in [-0.2, 0) is 19.3 Å². The van der Waals surface area contributed by atoms with E-state index in [0.29, 0.717) is 16.9 Å². The second-order valence-corrected chi connectivity index (χ2v) is 11.4. The molecule has 0 fully saturated rings. The molecule has 2 heterocycles. The molecule has 2 N–H and O–H groups in total. The van der Waals surface area contributed by atoms with Crippen LogP contribution in [0.2, 0.25) is 0 Å². The Bertz CT molecular complexity index is 1890. The number of cyclic esters (lactones) is 3. The van der Waals surface area contributed by atoms with Gasteiger partial charge in [-0.15, -0.1) is 0 Å². The van der Waals surface area contributed by atoms with Crippen molar-refractivity contribution in [2.45, 2.75) is 9.79 Å².